The fraction of sp³-hybridized carbons (Fsp3) is 0.500. The van der Waals surface area contributed by atoms with Gasteiger partial charge >= 0.3 is 0 Å². The van der Waals surface area contributed by atoms with E-state index in [1.165, 1.54) is 0 Å². The molecule has 0 bridgehead atoms. The first kappa shape index (κ1) is 18.8. The average molecular weight is 376 g/mol. The molecule has 1 aliphatic carbocycles. The van der Waals surface area contributed by atoms with Crippen LogP contribution in [0.5, 0.6) is 0 Å². The number of hydrogen-bond donors (Lipinski definition) is 4. The molecule has 3 rings (SSSR count). The summed E-state index contributed by atoms with van der Waals surface area (Å²) in [4.78, 5) is 13.3. The Balaban J connectivity index is 1.74. The summed E-state index contributed by atoms with van der Waals surface area (Å²) in [5.74, 6) is 1.38. The highest BCUT2D eigenvalue weighted by Crippen LogP contribution is 2.28. The molecule has 140 valence electrons. The van der Waals surface area contributed by atoms with Gasteiger partial charge < -0.3 is 22.1 Å². The van der Waals surface area contributed by atoms with E-state index < -0.39 is 0 Å². The van der Waals surface area contributed by atoms with E-state index in [4.69, 9.17) is 23.1 Å². The molecule has 0 radical (unpaired) electrons. The van der Waals surface area contributed by atoms with Crippen molar-refractivity contribution in [2.75, 3.05) is 23.7 Å². The fourth-order valence-electron chi connectivity index (χ4n) is 3.08. The molecule has 0 unspecified atom stereocenters. The average Bonchev–Trinajstić information content (AvgIpc) is 2.66. The summed E-state index contributed by atoms with van der Waals surface area (Å²) in [6.45, 7) is 1.42. The standard InChI is InChI=1S/C18H26ClN7/c19-15-11-24-18(25-14-4-2-13(21)3-5-14)26-17(15)12-6-9-23-16(10-12)22-8-1-7-20/h6,9-11,13-14H,1-5,7-8,20-21H2,(H,22,23)(H,24,25,26). The maximum absolute atomic E-state index is 6.35. The van der Waals surface area contributed by atoms with Crippen molar-refractivity contribution in [3.8, 4) is 11.3 Å². The number of nitrogens with one attached hydrogen (secondary N) is 2. The lowest BCUT2D eigenvalue weighted by molar-refractivity contribution is 0.410. The molecule has 0 aliphatic heterocycles. The van der Waals surface area contributed by atoms with Gasteiger partial charge in [-0.3, -0.25) is 0 Å². The Morgan fingerprint density at radius 3 is 2.77 bits per heavy atom. The first-order chi connectivity index (χ1) is 12.7. The van der Waals surface area contributed by atoms with Crippen LogP contribution in [0, 0.1) is 0 Å². The molecule has 0 aromatic carbocycles. The second-order valence-corrected chi connectivity index (χ2v) is 7.05. The third-order valence-electron chi connectivity index (χ3n) is 4.57. The summed E-state index contributed by atoms with van der Waals surface area (Å²) >= 11 is 6.35. The molecular weight excluding hydrogens is 350 g/mol. The van der Waals surface area contributed by atoms with Crippen LogP contribution in [-0.2, 0) is 0 Å². The second-order valence-electron chi connectivity index (χ2n) is 6.64. The van der Waals surface area contributed by atoms with Crippen LogP contribution in [0.25, 0.3) is 11.3 Å². The van der Waals surface area contributed by atoms with Crippen LogP contribution in [0.4, 0.5) is 11.8 Å². The molecule has 0 amide bonds. The topological polar surface area (TPSA) is 115 Å². The summed E-state index contributed by atoms with van der Waals surface area (Å²) in [7, 11) is 0. The maximum atomic E-state index is 6.35. The minimum absolute atomic E-state index is 0.316. The zero-order valence-corrected chi connectivity index (χ0v) is 15.5. The van der Waals surface area contributed by atoms with Gasteiger partial charge in [-0.2, -0.15) is 0 Å². The van der Waals surface area contributed by atoms with Crippen molar-refractivity contribution >= 4 is 23.4 Å². The van der Waals surface area contributed by atoms with Gasteiger partial charge in [-0.1, -0.05) is 11.6 Å². The number of halogens is 1. The van der Waals surface area contributed by atoms with Gasteiger partial charge in [0.15, 0.2) is 0 Å². The van der Waals surface area contributed by atoms with Crippen molar-refractivity contribution in [2.45, 2.75) is 44.2 Å². The molecule has 0 spiro atoms. The van der Waals surface area contributed by atoms with Crippen molar-refractivity contribution in [2.24, 2.45) is 11.5 Å². The Morgan fingerprint density at radius 2 is 2.00 bits per heavy atom. The second kappa shape index (κ2) is 9.12. The predicted octanol–water partition coefficient (Wildman–Crippen LogP) is 2.63. The van der Waals surface area contributed by atoms with E-state index in [2.05, 4.69) is 25.6 Å². The number of anilines is 2. The molecule has 1 saturated carbocycles. The first-order valence-electron chi connectivity index (χ1n) is 9.10. The molecule has 0 saturated heterocycles. The Bertz CT molecular complexity index is 716. The van der Waals surface area contributed by atoms with Crippen molar-refractivity contribution in [3.05, 3.63) is 29.5 Å². The number of pyridine rings is 1. The third-order valence-corrected chi connectivity index (χ3v) is 4.85. The van der Waals surface area contributed by atoms with Crippen LogP contribution in [0.1, 0.15) is 32.1 Å². The molecule has 26 heavy (non-hydrogen) atoms. The predicted molar refractivity (Wildman–Crippen MR) is 106 cm³/mol. The first-order valence-corrected chi connectivity index (χ1v) is 9.48. The van der Waals surface area contributed by atoms with Crippen LogP contribution >= 0.6 is 11.6 Å². The number of hydrogen-bond acceptors (Lipinski definition) is 7. The smallest absolute Gasteiger partial charge is 0.223 e. The molecular formula is C18H26ClN7. The van der Waals surface area contributed by atoms with Gasteiger partial charge in [0.1, 0.15) is 5.82 Å². The van der Waals surface area contributed by atoms with Gasteiger partial charge in [0.05, 0.1) is 16.9 Å². The minimum atomic E-state index is 0.316. The van der Waals surface area contributed by atoms with E-state index in [1.807, 2.05) is 12.1 Å². The van der Waals surface area contributed by atoms with Crippen LogP contribution in [-0.4, -0.2) is 40.1 Å². The Kier molecular flexibility index (Phi) is 6.60. The summed E-state index contributed by atoms with van der Waals surface area (Å²) in [6, 6.07) is 4.51. The number of nitrogens with two attached hydrogens (primary N) is 2. The van der Waals surface area contributed by atoms with Crippen molar-refractivity contribution in [1.29, 1.82) is 0 Å². The maximum Gasteiger partial charge on any atom is 0.223 e. The molecule has 6 N–H and O–H groups in total. The SMILES string of the molecule is NCCCNc1cc(-c2nc(NC3CCC(N)CC3)ncc2Cl)ccn1. The summed E-state index contributed by atoms with van der Waals surface area (Å²) in [6.07, 6.45) is 8.40. The van der Waals surface area contributed by atoms with E-state index in [0.717, 1.165) is 50.0 Å². The Morgan fingerprint density at radius 1 is 1.19 bits per heavy atom. The molecule has 1 fully saturated rings. The zero-order valence-electron chi connectivity index (χ0n) is 14.8. The van der Waals surface area contributed by atoms with Crippen molar-refractivity contribution in [3.63, 3.8) is 0 Å². The lowest BCUT2D eigenvalue weighted by atomic mass is 9.92. The molecule has 7 nitrogen and oxygen atoms in total. The van der Waals surface area contributed by atoms with E-state index in [-0.39, 0.29) is 0 Å². The lowest BCUT2D eigenvalue weighted by Crippen LogP contribution is -2.33. The van der Waals surface area contributed by atoms with E-state index in [9.17, 15) is 0 Å². The molecule has 2 heterocycles. The van der Waals surface area contributed by atoms with E-state index in [1.54, 1.807) is 12.4 Å². The van der Waals surface area contributed by atoms with Crippen LogP contribution in [0.3, 0.4) is 0 Å². The van der Waals surface area contributed by atoms with Gasteiger partial charge in [-0.05, 0) is 50.8 Å². The Labute approximate surface area is 159 Å². The summed E-state index contributed by atoms with van der Waals surface area (Å²) in [5.41, 5.74) is 13.1. The molecule has 0 atom stereocenters. The van der Waals surface area contributed by atoms with Gasteiger partial charge in [0.25, 0.3) is 0 Å². The number of rotatable bonds is 7. The summed E-state index contributed by atoms with van der Waals surface area (Å²) in [5, 5.41) is 7.18. The minimum Gasteiger partial charge on any atom is -0.370 e. The number of aromatic nitrogens is 3. The van der Waals surface area contributed by atoms with Crippen LogP contribution in [0.2, 0.25) is 5.02 Å². The van der Waals surface area contributed by atoms with Crippen LogP contribution < -0.4 is 22.1 Å². The molecule has 8 heteroatoms. The quantitative estimate of drug-likeness (QED) is 0.550. The highest BCUT2D eigenvalue weighted by Gasteiger charge is 2.19. The molecule has 1 aliphatic rings. The lowest BCUT2D eigenvalue weighted by Gasteiger charge is -2.26. The van der Waals surface area contributed by atoms with Gasteiger partial charge in [-0.15, -0.1) is 0 Å². The van der Waals surface area contributed by atoms with Crippen molar-refractivity contribution in [1.82, 2.24) is 15.0 Å². The summed E-state index contributed by atoms with van der Waals surface area (Å²) < 4.78 is 0. The van der Waals surface area contributed by atoms with Gasteiger partial charge in [0.2, 0.25) is 5.95 Å². The zero-order chi connectivity index (χ0) is 18.4. The molecule has 2 aromatic rings. The largest absolute Gasteiger partial charge is 0.370 e. The van der Waals surface area contributed by atoms with E-state index >= 15 is 0 Å². The monoisotopic (exact) mass is 375 g/mol. The Hall–Kier alpha value is -1.96. The highest BCUT2D eigenvalue weighted by atomic mass is 35.5. The van der Waals surface area contributed by atoms with Crippen LogP contribution in [0.15, 0.2) is 24.5 Å². The third kappa shape index (κ3) is 5.03. The number of nitrogens with zero attached hydrogens (tertiary/aromatic N) is 3. The normalized spacial score (nSPS) is 20.0. The van der Waals surface area contributed by atoms with Gasteiger partial charge in [-0.25, -0.2) is 15.0 Å². The highest BCUT2D eigenvalue weighted by molar-refractivity contribution is 6.32. The fourth-order valence-corrected chi connectivity index (χ4v) is 3.28. The van der Waals surface area contributed by atoms with Gasteiger partial charge in [0, 0.05) is 30.4 Å². The van der Waals surface area contributed by atoms with Crippen molar-refractivity contribution < 1.29 is 0 Å². The molecule has 2 aromatic heterocycles. The van der Waals surface area contributed by atoms with E-state index in [0.29, 0.717) is 35.3 Å².